The Kier molecular flexibility index (Phi) is 9.32. The SMILES string of the molecule is CC(C)c1c(C(=O)N[C@@H](C)c2ccccc2)nn(-c2ccc(F)cc2)c1/C=C/[C@@H](O)C[C@@H](O)CC(=O)[O-]. The summed E-state index contributed by atoms with van der Waals surface area (Å²) in [6.45, 7) is 5.68. The van der Waals surface area contributed by atoms with Crippen LogP contribution in [0.4, 0.5) is 4.39 Å². The molecule has 2 aromatic carbocycles. The fourth-order valence-electron chi connectivity index (χ4n) is 4.04. The van der Waals surface area contributed by atoms with E-state index in [0.717, 1.165) is 5.56 Å². The van der Waals surface area contributed by atoms with Gasteiger partial charge >= 0.3 is 0 Å². The summed E-state index contributed by atoms with van der Waals surface area (Å²) in [6.07, 6.45) is -0.290. The molecule has 0 fully saturated rings. The minimum Gasteiger partial charge on any atom is -0.550 e. The Morgan fingerprint density at radius 1 is 1.08 bits per heavy atom. The molecule has 1 heterocycles. The van der Waals surface area contributed by atoms with Gasteiger partial charge in [-0.2, -0.15) is 5.10 Å². The molecular formula is C28H31FN3O5-. The first-order valence-corrected chi connectivity index (χ1v) is 12.1. The van der Waals surface area contributed by atoms with Crippen LogP contribution in [-0.4, -0.2) is 44.1 Å². The van der Waals surface area contributed by atoms with Crippen LogP contribution in [0.25, 0.3) is 11.8 Å². The van der Waals surface area contributed by atoms with E-state index in [1.165, 1.54) is 35.0 Å². The van der Waals surface area contributed by atoms with Crippen molar-refractivity contribution in [3.05, 3.63) is 89.0 Å². The number of amides is 1. The van der Waals surface area contributed by atoms with Crippen LogP contribution in [0.5, 0.6) is 0 Å². The largest absolute Gasteiger partial charge is 0.550 e. The van der Waals surface area contributed by atoms with Crippen LogP contribution in [0.1, 0.15) is 72.9 Å². The van der Waals surface area contributed by atoms with Crippen molar-refractivity contribution in [1.82, 2.24) is 15.1 Å². The van der Waals surface area contributed by atoms with Crippen LogP contribution >= 0.6 is 0 Å². The molecule has 3 rings (SSSR count). The van der Waals surface area contributed by atoms with Gasteiger partial charge in [-0.3, -0.25) is 4.79 Å². The average molecular weight is 509 g/mol. The predicted octanol–water partition coefficient (Wildman–Crippen LogP) is 2.89. The second kappa shape index (κ2) is 12.4. The van der Waals surface area contributed by atoms with Crippen molar-refractivity contribution in [2.75, 3.05) is 0 Å². The fraction of sp³-hybridized carbons (Fsp3) is 0.321. The van der Waals surface area contributed by atoms with E-state index in [1.54, 1.807) is 6.08 Å². The zero-order valence-corrected chi connectivity index (χ0v) is 21.0. The van der Waals surface area contributed by atoms with Gasteiger partial charge in [0.2, 0.25) is 0 Å². The highest BCUT2D eigenvalue weighted by Gasteiger charge is 2.26. The number of benzene rings is 2. The zero-order chi connectivity index (χ0) is 27.1. The van der Waals surface area contributed by atoms with Gasteiger partial charge in [-0.15, -0.1) is 0 Å². The van der Waals surface area contributed by atoms with E-state index >= 15 is 0 Å². The minimum absolute atomic E-state index is 0.151. The highest BCUT2D eigenvalue weighted by molar-refractivity contribution is 5.95. The van der Waals surface area contributed by atoms with E-state index in [4.69, 9.17) is 0 Å². The zero-order valence-electron chi connectivity index (χ0n) is 21.0. The maximum atomic E-state index is 13.6. The molecule has 9 heteroatoms. The quantitative estimate of drug-likeness (QED) is 0.366. The number of aliphatic hydroxyl groups is 2. The molecule has 37 heavy (non-hydrogen) atoms. The first-order chi connectivity index (χ1) is 17.6. The number of aromatic nitrogens is 2. The van der Waals surface area contributed by atoms with Gasteiger partial charge in [0.25, 0.3) is 5.91 Å². The van der Waals surface area contributed by atoms with Crippen LogP contribution in [0.2, 0.25) is 0 Å². The lowest BCUT2D eigenvalue weighted by atomic mass is 9.98. The lowest BCUT2D eigenvalue weighted by Gasteiger charge is -2.15. The molecule has 0 spiro atoms. The number of hydrogen-bond donors (Lipinski definition) is 3. The number of aliphatic hydroxyl groups excluding tert-OH is 2. The molecule has 196 valence electrons. The number of halogens is 1. The van der Waals surface area contributed by atoms with E-state index in [0.29, 0.717) is 16.9 Å². The lowest BCUT2D eigenvalue weighted by molar-refractivity contribution is -0.307. The number of carboxylic acid groups (broad SMARTS) is 1. The third-order valence-electron chi connectivity index (χ3n) is 5.86. The molecule has 3 atom stereocenters. The smallest absolute Gasteiger partial charge is 0.272 e. The van der Waals surface area contributed by atoms with Gasteiger partial charge in [-0.1, -0.05) is 50.3 Å². The van der Waals surface area contributed by atoms with Crippen LogP contribution in [0, 0.1) is 5.82 Å². The average Bonchev–Trinajstić information content (AvgIpc) is 3.23. The predicted molar refractivity (Wildman–Crippen MR) is 135 cm³/mol. The van der Waals surface area contributed by atoms with E-state index in [2.05, 4.69) is 10.4 Å². The van der Waals surface area contributed by atoms with Gasteiger partial charge in [0.15, 0.2) is 5.69 Å². The highest BCUT2D eigenvalue weighted by Crippen LogP contribution is 2.28. The summed E-state index contributed by atoms with van der Waals surface area (Å²) in [5, 5.41) is 38.4. The Hall–Kier alpha value is -3.82. The second-order valence-corrected chi connectivity index (χ2v) is 9.19. The number of carbonyl (C=O) groups excluding carboxylic acids is 2. The highest BCUT2D eigenvalue weighted by atomic mass is 19.1. The number of carboxylic acids is 1. The van der Waals surface area contributed by atoms with Gasteiger partial charge in [-0.25, -0.2) is 9.07 Å². The summed E-state index contributed by atoms with van der Waals surface area (Å²) in [5.41, 5.74) is 2.73. The molecule has 1 amide bonds. The minimum atomic E-state index is -1.42. The Balaban J connectivity index is 2.00. The van der Waals surface area contributed by atoms with E-state index in [-0.39, 0.29) is 30.0 Å². The molecule has 0 saturated heterocycles. The van der Waals surface area contributed by atoms with Gasteiger partial charge in [0.05, 0.1) is 29.6 Å². The van der Waals surface area contributed by atoms with E-state index in [9.17, 15) is 29.3 Å². The van der Waals surface area contributed by atoms with Gasteiger partial charge < -0.3 is 25.4 Å². The molecular weight excluding hydrogens is 477 g/mol. The number of aliphatic carboxylic acids is 1. The third-order valence-corrected chi connectivity index (χ3v) is 5.86. The molecule has 0 aliphatic heterocycles. The van der Waals surface area contributed by atoms with Crippen molar-refractivity contribution in [1.29, 1.82) is 0 Å². The van der Waals surface area contributed by atoms with Crippen molar-refractivity contribution in [3.8, 4) is 5.69 Å². The van der Waals surface area contributed by atoms with Crippen molar-refractivity contribution in [3.63, 3.8) is 0 Å². The Bertz CT molecular complexity index is 1240. The molecule has 8 nitrogen and oxygen atoms in total. The summed E-state index contributed by atoms with van der Waals surface area (Å²) >= 11 is 0. The monoisotopic (exact) mass is 508 g/mol. The number of nitrogens with zero attached hydrogens (tertiary/aromatic N) is 2. The summed E-state index contributed by atoms with van der Waals surface area (Å²) in [4.78, 5) is 24.1. The van der Waals surface area contributed by atoms with Crippen molar-refractivity contribution in [2.45, 2.75) is 57.8 Å². The first kappa shape index (κ1) is 27.8. The van der Waals surface area contributed by atoms with E-state index in [1.807, 2.05) is 51.1 Å². The Morgan fingerprint density at radius 3 is 2.32 bits per heavy atom. The number of rotatable bonds is 11. The molecule has 0 saturated carbocycles. The molecule has 0 unspecified atom stereocenters. The number of nitrogens with one attached hydrogen (secondary N) is 1. The second-order valence-electron chi connectivity index (χ2n) is 9.19. The van der Waals surface area contributed by atoms with Crippen LogP contribution < -0.4 is 10.4 Å². The van der Waals surface area contributed by atoms with Crippen LogP contribution in [0.3, 0.4) is 0 Å². The van der Waals surface area contributed by atoms with Crippen LogP contribution in [0.15, 0.2) is 60.7 Å². The Labute approximate surface area is 215 Å². The van der Waals surface area contributed by atoms with Crippen LogP contribution in [-0.2, 0) is 4.79 Å². The maximum absolute atomic E-state index is 13.6. The molecule has 0 aliphatic carbocycles. The molecule has 3 aromatic rings. The summed E-state index contributed by atoms with van der Waals surface area (Å²) < 4.78 is 15.1. The topological polar surface area (TPSA) is 128 Å². The molecule has 3 N–H and O–H groups in total. The summed E-state index contributed by atoms with van der Waals surface area (Å²) in [7, 11) is 0. The third kappa shape index (κ3) is 7.34. The molecule has 0 aliphatic rings. The molecule has 1 aromatic heterocycles. The standard InChI is InChI=1S/C28H32FN3O5/c1-17(2)26-24(14-13-22(33)15-23(34)16-25(35)36)32(21-11-9-20(29)10-12-21)31-27(26)28(37)30-18(3)19-7-5-4-6-8-19/h4-14,17-18,22-23,33-34H,15-16H2,1-3H3,(H,30,37)(H,35,36)/p-1/b14-13+/t18-,22+,23+/m0/s1. The van der Waals surface area contributed by atoms with E-state index < -0.39 is 30.4 Å². The summed E-state index contributed by atoms with van der Waals surface area (Å²) in [6, 6.07) is 14.8. The van der Waals surface area contributed by atoms with Crippen molar-refractivity contribution in [2.24, 2.45) is 0 Å². The number of hydrogen-bond acceptors (Lipinski definition) is 6. The molecule has 0 bridgehead atoms. The Morgan fingerprint density at radius 2 is 1.73 bits per heavy atom. The van der Waals surface area contributed by atoms with Gasteiger partial charge in [-0.05, 0) is 48.7 Å². The van der Waals surface area contributed by atoms with Crippen molar-refractivity contribution >= 4 is 18.0 Å². The lowest BCUT2D eigenvalue weighted by Crippen LogP contribution is -2.29. The van der Waals surface area contributed by atoms with Gasteiger partial charge in [0, 0.05) is 24.4 Å². The normalized spacial score (nSPS) is 14.0. The van der Waals surface area contributed by atoms with Crippen molar-refractivity contribution < 1.29 is 29.3 Å². The number of carbonyl (C=O) groups is 2. The fourth-order valence-corrected chi connectivity index (χ4v) is 4.04. The maximum Gasteiger partial charge on any atom is 0.272 e. The first-order valence-electron chi connectivity index (χ1n) is 12.1. The molecule has 0 radical (unpaired) electrons. The van der Waals surface area contributed by atoms with Gasteiger partial charge in [0.1, 0.15) is 5.82 Å². The summed E-state index contributed by atoms with van der Waals surface area (Å²) in [5.74, 6) is -2.38.